The van der Waals surface area contributed by atoms with E-state index in [0.717, 1.165) is 0 Å². The van der Waals surface area contributed by atoms with E-state index in [9.17, 15) is 4.79 Å². The highest BCUT2D eigenvalue weighted by Crippen LogP contribution is 2.22. The van der Waals surface area contributed by atoms with E-state index < -0.39 is 5.97 Å². The average Bonchev–Trinajstić information content (AvgIpc) is 2.71. The van der Waals surface area contributed by atoms with Gasteiger partial charge in [-0.1, -0.05) is 16.4 Å². The molecular formula is C9H6N2O3S. The van der Waals surface area contributed by atoms with Gasteiger partial charge in [0.05, 0.1) is 5.56 Å². The van der Waals surface area contributed by atoms with Gasteiger partial charge in [0, 0.05) is 0 Å². The molecule has 2 aromatic rings. The molecule has 2 rings (SSSR count). The quantitative estimate of drug-likeness (QED) is 0.860. The monoisotopic (exact) mass is 222 g/mol. The van der Waals surface area contributed by atoms with Gasteiger partial charge in [0.25, 0.3) is 5.19 Å². The second-order valence-corrected chi connectivity index (χ2v) is 3.43. The number of carboxylic acid groups (broad SMARTS) is 1. The summed E-state index contributed by atoms with van der Waals surface area (Å²) in [5, 5.41) is 16.4. The molecule has 0 radical (unpaired) electrons. The standard InChI is InChI=1S/C9H6N2O3S/c12-8(13)6-1-3-7(4-2-6)14-9-11-10-5-15-9/h1-5H,(H,12,13). The molecule has 0 aliphatic carbocycles. The Morgan fingerprint density at radius 2 is 2.07 bits per heavy atom. The molecule has 0 bridgehead atoms. The predicted molar refractivity (Wildman–Crippen MR) is 53.4 cm³/mol. The molecule has 0 fully saturated rings. The molecule has 0 aliphatic heterocycles. The molecule has 1 aromatic carbocycles. The molecule has 1 heterocycles. The van der Waals surface area contributed by atoms with Crippen molar-refractivity contribution >= 4 is 17.3 Å². The number of carboxylic acids is 1. The topological polar surface area (TPSA) is 72.3 Å². The van der Waals surface area contributed by atoms with Crippen LogP contribution in [0.2, 0.25) is 0 Å². The van der Waals surface area contributed by atoms with E-state index in [1.807, 2.05) is 0 Å². The van der Waals surface area contributed by atoms with Crippen molar-refractivity contribution in [3.05, 3.63) is 35.3 Å². The van der Waals surface area contributed by atoms with E-state index in [1.165, 1.54) is 23.5 Å². The maximum absolute atomic E-state index is 10.6. The summed E-state index contributed by atoms with van der Waals surface area (Å²) in [7, 11) is 0. The van der Waals surface area contributed by atoms with Crippen molar-refractivity contribution in [2.45, 2.75) is 0 Å². The van der Waals surface area contributed by atoms with Crippen LogP contribution in [-0.2, 0) is 0 Å². The molecule has 0 spiro atoms. The van der Waals surface area contributed by atoms with Crippen molar-refractivity contribution in [3.63, 3.8) is 0 Å². The molecule has 0 saturated carbocycles. The van der Waals surface area contributed by atoms with Gasteiger partial charge >= 0.3 is 5.97 Å². The maximum Gasteiger partial charge on any atom is 0.335 e. The number of aromatic carboxylic acids is 1. The van der Waals surface area contributed by atoms with Gasteiger partial charge in [0.15, 0.2) is 0 Å². The first-order chi connectivity index (χ1) is 7.25. The number of hydrogen-bond donors (Lipinski definition) is 1. The van der Waals surface area contributed by atoms with Gasteiger partial charge < -0.3 is 9.84 Å². The molecule has 76 valence electrons. The molecular weight excluding hydrogens is 216 g/mol. The molecule has 6 heteroatoms. The largest absolute Gasteiger partial charge is 0.478 e. The molecule has 0 atom stereocenters. The second kappa shape index (κ2) is 4.05. The van der Waals surface area contributed by atoms with E-state index in [1.54, 1.807) is 17.6 Å². The Bertz CT molecular complexity index is 453. The van der Waals surface area contributed by atoms with Crippen molar-refractivity contribution in [1.29, 1.82) is 0 Å². The van der Waals surface area contributed by atoms with Crippen molar-refractivity contribution in [1.82, 2.24) is 10.2 Å². The fraction of sp³-hybridized carbons (Fsp3) is 0. The number of rotatable bonds is 3. The Morgan fingerprint density at radius 1 is 1.33 bits per heavy atom. The van der Waals surface area contributed by atoms with Gasteiger partial charge in [-0.3, -0.25) is 0 Å². The Hall–Kier alpha value is -1.95. The summed E-state index contributed by atoms with van der Waals surface area (Å²) in [5.41, 5.74) is 1.78. The summed E-state index contributed by atoms with van der Waals surface area (Å²) in [6.07, 6.45) is 0. The zero-order valence-corrected chi connectivity index (χ0v) is 8.27. The van der Waals surface area contributed by atoms with Crippen LogP contribution in [-0.4, -0.2) is 21.3 Å². The van der Waals surface area contributed by atoms with Crippen LogP contribution >= 0.6 is 11.3 Å². The van der Waals surface area contributed by atoms with Crippen LogP contribution in [0.25, 0.3) is 0 Å². The lowest BCUT2D eigenvalue weighted by atomic mass is 10.2. The summed E-state index contributed by atoms with van der Waals surface area (Å²) < 4.78 is 5.31. The Labute approximate surface area is 89.0 Å². The second-order valence-electron chi connectivity index (χ2n) is 2.64. The zero-order chi connectivity index (χ0) is 10.7. The van der Waals surface area contributed by atoms with Crippen LogP contribution in [0.15, 0.2) is 29.8 Å². The first kappa shape index (κ1) is 9.60. The SMILES string of the molecule is O=C(O)c1ccc(Oc2nncs2)cc1. The van der Waals surface area contributed by atoms with Crippen LogP contribution in [0.5, 0.6) is 10.9 Å². The van der Waals surface area contributed by atoms with Crippen LogP contribution in [0.3, 0.4) is 0 Å². The summed E-state index contributed by atoms with van der Waals surface area (Å²) in [5.74, 6) is -0.422. The molecule has 0 aliphatic rings. The van der Waals surface area contributed by atoms with Crippen LogP contribution < -0.4 is 4.74 Å². The molecule has 1 N–H and O–H groups in total. The maximum atomic E-state index is 10.6. The summed E-state index contributed by atoms with van der Waals surface area (Å²) in [4.78, 5) is 10.6. The normalized spacial score (nSPS) is 9.87. The summed E-state index contributed by atoms with van der Waals surface area (Å²) in [6.45, 7) is 0. The van der Waals surface area contributed by atoms with E-state index in [4.69, 9.17) is 9.84 Å². The lowest BCUT2D eigenvalue weighted by molar-refractivity contribution is 0.0697. The average molecular weight is 222 g/mol. The number of nitrogens with zero attached hydrogens (tertiary/aromatic N) is 2. The highest BCUT2D eigenvalue weighted by molar-refractivity contribution is 7.11. The van der Waals surface area contributed by atoms with Gasteiger partial charge in [-0.05, 0) is 24.3 Å². The fourth-order valence-electron chi connectivity index (χ4n) is 0.974. The summed E-state index contributed by atoms with van der Waals surface area (Å²) >= 11 is 1.27. The number of aromatic nitrogens is 2. The van der Waals surface area contributed by atoms with E-state index in [2.05, 4.69) is 10.2 Å². The number of hydrogen-bond acceptors (Lipinski definition) is 5. The Balaban J connectivity index is 2.14. The number of ether oxygens (including phenoxy) is 1. The Kier molecular flexibility index (Phi) is 2.59. The number of benzene rings is 1. The van der Waals surface area contributed by atoms with Gasteiger partial charge in [-0.15, -0.1) is 5.10 Å². The minimum Gasteiger partial charge on any atom is -0.478 e. The van der Waals surface area contributed by atoms with E-state index in [0.29, 0.717) is 10.9 Å². The van der Waals surface area contributed by atoms with Crippen molar-refractivity contribution in [2.24, 2.45) is 0 Å². The van der Waals surface area contributed by atoms with Gasteiger partial charge in [-0.2, -0.15) is 0 Å². The van der Waals surface area contributed by atoms with E-state index in [-0.39, 0.29) is 5.56 Å². The van der Waals surface area contributed by atoms with Crippen LogP contribution in [0.4, 0.5) is 0 Å². The van der Waals surface area contributed by atoms with Crippen molar-refractivity contribution in [3.8, 4) is 10.9 Å². The minimum atomic E-state index is -0.961. The predicted octanol–water partition coefficient (Wildman–Crippen LogP) is 2.03. The third-order valence-corrected chi connectivity index (χ3v) is 2.21. The lowest BCUT2D eigenvalue weighted by Crippen LogP contribution is -1.95. The highest BCUT2D eigenvalue weighted by Gasteiger charge is 2.03. The smallest absolute Gasteiger partial charge is 0.335 e. The van der Waals surface area contributed by atoms with Crippen molar-refractivity contribution in [2.75, 3.05) is 0 Å². The fourth-order valence-corrected chi connectivity index (χ4v) is 1.40. The third-order valence-electron chi connectivity index (χ3n) is 1.65. The lowest BCUT2D eigenvalue weighted by Gasteiger charge is -2.00. The molecule has 5 nitrogen and oxygen atoms in total. The van der Waals surface area contributed by atoms with E-state index >= 15 is 0 Å². The third kappa shape index (κ3) is 2.29. The number of carbonyl (C=O) groups is 1. The zero-order valence-electron chi connectivity index (χ0n) is 7.45. The van der Waals surface area contributed by atoms with Gasteiger partial charge in [0.2, 0.25) is 0 Å². The van der Waals surface area contributed by atoms with Gasteiger partial charge in [0.1, 0.15) is 11.3 Å². The molecule has 1 aromatic heterocycles. The van der Waals surface area contributed by atoms with Crippen LogP contribution in [0, 0.1) is 0 Å². The van der Waals surface area contributed by atoms with Crippen molar-refractivity contribution < 1.29 is 14.6 Å². The first-order valence-electron chi connectivity index (χ1n) is 4.03. The first-order valence-corrected chi connectivity index (χ1v) is 4.91. The highest BCUT2D eigenvalue weighted by atomic mass is 32.1. The Morgan fingerprint density at radius 3 is 2.60 bits per heavy atom. The minimum absolute atomic E-state index is 0.222. The molecule has 0 saturated heterocycles. The molecule has 0 amide bonds. The van der Waals surface area contributed by atoms with Crippen LogP contribution in [0.1, 0.15) is 10.4 Å². The summed E-state index contributed by atoms with van der Waals surface area (Å²) in [6, 6.07) is 6.09. The molecule has 15 heavy (non-hydrogen) atoms. The molecule has 0 unspecified atom stereocenters. The van der Waals surface area contributed by atoms with Gasteiger partial charge in [-0.25, -0.2) is 4.79 Å².